The van der Waals surface area contributed by atoms with Crippen LogP contribution in [0.1, 0.15) is 21.9 Å². The van der Waals surface area contributed by atoms with Gasteiger partial charge in [0.1, 0.15) is 5.71 Å². The summed E-state index contributed by atoms with van der Waals surface area (Å²) in [5.41, 5.74) is 5.32. The molecule has 120 valence electrons. The number of anilines is 1. The third-order valence-electron chi connectivity index (χ3n) is 3.34. The summed E-state index contributed by atoms with van der Waals surface area (Å²) >= 11 is 0. The third-order valence-corrected chi connectivity index (χ3v) is 3.34. The maximum Gasteiger partial charge on any atom is 0.373 e. The van der Waals surface area contributed by atoms with E-state index in [-0.39, 0.29) is 5.76 Å². The van der Waals surface area contributed by atoms with Gasteiger partial charge in [-0.15, -0.1) is 0 Å². The number of ether oxygens (including phenoxy) is 1. The van der Waals surface area contributed by atoms with Gasteiger partial charge in [-0.3, -0.25) is 5.43 Å². The Labute approximate surface area is 139 Å². The predicted octanol–water partition coefficient (Wildman–Crippen LogP) is 3.93. The van der Waals surface area contributed by atoms with Crippen molar-refractivity contribution in [3.8, 4) is 0 Å². The number of carbonyl (C=O) groups is 1. The molecule has 1 N–H and O–H groups in total. The second kappa shape index (κ2) is 7.28. The van der Waals surface area contributed by atoms with Crippen molar-refractivity contribution in [1.29, 1.82) is 0 Å². The summed E-state index contributed by atoms with van der Waals surface area (Å²) in [4.78, 5) is 11.6. The first-order valence-corrected chi connectivity index (χ1v) is 7.40. The minimum absolute atomic E-state index is 0.135. The molecule has 0 unspecified atom stereocenters. The summed E-state index contributed by atoms with van der Waals surface area (Å²) in [5, 5.41) is 4.45. The van der Waals surface area contributed by atoms with E-state index >= 15 is 0 Å². The zero-order chi connectivity index (χ0) is 16.8. The first kappa shape index (κ1) is 15.6. The molecule has 0 saturated heterocycles. The van der Waals surface area contributed by atoms with E-state index in [1.807, 2.05) is 60.7 Å². The fourth-order valence-electron chi connectivity index (χ4n) is 2.17. The van der Waals surface area contributed by atoms with Crippen molar-refractivity contribution in [2.24, 2.45) is 5.10 Å². The third kappa shape index (κ3) is 3.52. The number of methoxy groups -OCH3 is 1. The van der Waals surface area contributed by atoms with Gasteiger partial charge in [0, 0.05) is 5.56 Å². The van der Waals surface area contributed by atoms with E-state index < -0.39 is 5.97 Å². The van der Waals surface area contributed by atoms with Crippen molar-refractivity contribution in [3.63, 3.8) is 0 Å². The molecule has 0 spiro atoms. The van der Waals surface area contributed by atoms with Crippen LogP contribution in [0.4, 0.5) is 5.69 Å². The van der Waals surface area contributed by atoms with Crippen molar-refractivity contribution in [1.82, 2.24) is 0 Å². The number of furan rings is 1. The lowest BCUT2D eigenvalue weighted by Crippen LogP contribution is -2.06. The first-order valence-electron chi connectivity index (χ1n) is 7.40. The number of hydrazone groups is 1. The molecule has 24 heavy (non-hydrogen) atoms. The lowest BCUT2D eigenvalue weighted by atomic mass is 10.1. The topological polar surface area (TPSA) is 63.8 Å². The number of carbonyl (C=O) groups excluding carboxylic acids is 1. The quantitative estimate of drug-likeness (QED) is 0.439. The van der Waals surface area contributed by atoms with Gasteiger partial charge in [0.15, 0.2) is 5.76 Å². The normalized spacial score (nSPS) is 11.1. The molecule has 5 heteroatoms. The molecule has 3 rings (SSSR count). The monoisotopic (exact) mass is 320 g/mol. The van der Waals surface area contributed by atoms with Gasteiger partial charge in [-0.05, 0) is 24.3 Å². The number of nitrogens with zero attached hydrogens (tertiary/aromatic N) is 1. The number of nitrogens with one attached hydrogen (secondary N) is 1. The number of hydrogen-bond acceptors (Lipinski definition) is 5. The maximum absolute atomic E-state index is 11.6. The molecule has 1 heterocycles. The number of benzene rings is 2. The standard InChI is InChI=1S/C19H16N2O3/c1-23-19(22)17-13-12-16(24-17)18(14-8-4-2-5-9-14)21-20-15-10-6-3-7-11-15/h2-13,20H,1H3/b21-18+. The van der Waals surface area contributed by atoms with E-state index in [2.05, 4.69) is 15.3 Å². The van der Waals surface area contributed by atoms with Crippen LogP contribution in [0, 0.1) is 0 Å². The largest absolute Gasteiger partial charge is 0.463 e. The highest BCUT2D eigenvalue weighted by molar-refractivity contribution is 6.11. The van der Waals surface area contributed by atoms with Crippen molar-refractivity contribution in [3.05, 3.63) is 89.9 Å². The molecule has 1 aromatic heterocycles. The van der Waals surface area contributed by atoms with Gasteiger partial charge in [-0.2, -0.15) is 5.10 Å². The Morgan fingerprint density at radius 3 is 2.21 bits per heavy atom. The zero-order valence-electron chi connectivity index (χ0n) is 13.1. The average Bonchev–Trinajstić information content (AvgIpc) is 3.13. The van der Waals surface area contributed by atoms with Crippen LogP contribution in [0.25, 0.3) is 0 Å². The van der Waals surface area contributed by atoms with E-state index in [9.17, 15) is 4.79 Å². The van der Waals surface area contributed by atoms with Crippen LogP contribution in [0.3, 0.4) is 0 Å². The van der Waals surface area contributed by atoms with Crippen LogP contribution >= 0.6 is 0 Å². The van der Waals surface area contributed by atoms with Crippen LogP contribution in [0.5, 0.6) is 0 Å². The van der Waals surface area contributed by atoms with Gasteiger partial charge in [-0.25, -0.2) is 4.79 Å². The van der Waals surface area contributed by atoms with E-state index in [1.54, 1.807) is 12.1 Å². The summed E-state index contributed by atoms with van der Waals surface area (Å²) in [6, 6.07) is 22.5. The molecular weight excluding hydrogens is 304 g/mol. The SMILES string of the molecule is COC(=O)c1ccc(/C(=N/Nc2ccccc2)c2ccccc2)o1. The molecule has 0 atom stereocenters. The van der Waals surface area contributed by atoms with Gasteiger partial charge in [-0.1, -0.05) is 48.5 Å². The molecule has 0 aliphatic rings. The van der Waals surface area contributed by atoms with E-state index in [0.717, 1.165) is 11.3 Å². The Bertz CT molecular complexity index is 839. The Kier molecular flexibility index (Phi) is 4.72. The smallest absolute Gasteiger partial charge is 0.373 e. The molecule has 0 aliphatic carbocycles. The molecule has 0 fully saturated rings. The predicted molar refractivity (Wildman–Crippen MR) is 92.2 cm³/mol. The van der Waals surface area contributed by atoms with Gasteiger partial charge in [0.05, 0.1) is 12.8 Å². The zero-order valence-corrected chi connectivity index (χ0v) is 13.1. The van der Waals surface area contributed by atoms with Crippen LogP contribution < -0.4 is 5.43 Å². The Morgan fingerprint density at radius 1 is 0.917 bits per heavy atom. The van der Waals surface area contributed by atoms with E-state index in [1.165, 1.54) is 7.11 Å². The van der Waals surface area contributed by atoms with Crippen molar-refractivity contribution < 1.29 is 13.9 Å². The second-order valence-corrected chi connectivity index (χ2v) is 4.96. The molecule has 2 aromatic carbocycles. The number of hydrogen-bond donors (Lipinski definition) is 1. The summed E-state index contributed by atoms with van der Waals surface area (Å²) in [6.45, 7) is 0. The van der Waals surface area contributed by atoms with Gasteiger partial charge in [0.2, 0.25) is 5.76 Å². The summed E-state index contributed by atoms with van der Waals surface area (Å²) in [7, 11) is 1.31. The highest BCUT2D eigenvalue weighted by Gasteiger charge is 2.16. The summed E-state index contributed by atoms with van der Waals surface area (Å²) in [6.07, 6.45) is 0. The molecule has 0 bridgehead atoms. The Balaban J connectivity index is 1.96. The van der Waals surface area contributed by atoms with Crippen molar-refractivity contribution in [2.45, 2.75) is 0 Å². The summed E-state index contributed by atoms with van der Waals surface area (Å²) in [5.74, 6) is 0.0885. The Morgan fingerprint density at radius 2 is 1.54 bits per heavy atom. The lowest BCUT2D eigenvalue weighted by molar-refractivity contribution is 0.0564. The van der Waals surface area contributed by atoms with Crippen LogP contribution in [-0.2, 0) is 4.74 Å². The highest BCUT2D eigenvalue weighted by Crippen LogP contribution is 2.16. The van der Waals surface area contributed by atoms with Gasteiger partial charge in [0.25, 0.3) is 0 Å². The molecular formula is C19H16N2O3. The minimum atomic E-state index is -0.523. The van der Waals surface area contributed by atoms with Crippen molar-refractivity contribution >= 4 is 17.4 Å². The van der Waals surface area contributed by atoms with Crippen LogP contribution in [0.2, 0.25) is 0 Å². The van der Waals surface area contributed by atoms with E-state index in [0.29, 0.717) is 11.5 Å². The highest BCUT2D eigenvalue weighted by atomic mass is 16.5. The lowest BCUT2D eigenvalue weighted by Gasteiger charge is -2.06. The van der Waals surface area contributed by atoms with Crippen LogP contribution in [-0.4, -0.2) is 18.8 Å². The molecule has 0 saturated carbocycles. The fourth-order valence-corrected chi connectivity index (χ4v) is 2.17. The van der Waals surface area contributed by atoms with Gasteiger partial charge >= 0.3 is 5.97 Å². The van der Waals surface area contributed by atoms with Crippen LogP contribution in [0.15, 0.2) is 82.3 Å². The number of para-hydroxylation sites is 1. The second-order valence-electron chi connectivity index (χ2n) is 4.96. The molecule has 0 radical (unpaired) electrons. The average molecular weight is 320 g/mol. The molecule has 0 aliphatic heterocycles. The maximum atomic E-state index is 11.6. The van der Waals surface area contributed by atoms with Gasteiger partial charge < -0.3 is 9.15 Å². The summed E-state index contributed by atoms with van der Waals surface area (Å²) < 4.78 is 10.3. The molecule has 5 nitrogen and oxygen atoms in total. The van der Waals surface area contributed by atoms with Crippen molar-refractivity contribution in [2.75, 3.05) is 12.5 Å². The fraction of sp³-hybridized carbons (Fsp3) is 0.0526. The number of rotatable bonds is 5. The molecule has 3 aromatic rings. The Hall–Kier alpha value is -3.34. The first-order chi connectivity index (χ1) is 11.8. The molecule has 0 amide bonds. The minimum Gasteiger partial charge on any atom is -0.463 e. The number of esters is 1. The van der Waals surface area contributed by atoms with E-state index in [4.69, 9.17) is 4.42 Å².